The molecule has 2 aliphatic rings. The second-order valence-electron chi connectivity index (χ2n) is 7.52. The summed E-state index contributed by atoms with van der Waals surface area (Å²) in [5.74, 6) is 1.07. The van der Waals surface area contributed by atoms with E-state index in [1.165, 1.54) is 35.9 Å². The van der Waals surface area contributed by atoms with E-state index < -0.39 is 0 Å². The van der Waals surface area contributed by atoms with Crippen LogP contribution in [0.2, 0.25) is 0 Å². The maximum absolute atomic E-state index is 13.0. The highest BCUT2D eigenvalue weighted by Crippen LogP contribution is 2.30. The molecule has 3 aromatic rings. The number of carbonyl (C=O) groups excluding carboxylic acids is 1. The Kier molecular flexibility index (Phi) is 4.87. The number of aryl methyl sites for hydroxylation is 2. The van der Waals surface area contributed by atoms with E-state index in [1.807, 2.05) is 40.2 Å². The number of hydrogen-bond donors (Lipinski definition) is 0. The standard InChI is InChI=1S/C21H24N6OS/c1-29-20-16(6-4-8-23-20)21(28)26-13-11-25(12-14-26)19-18-15-5-2-3-7-17(15)24-27(18)10-9-22-19/h4,6,8-10H,2-3,5,7,11-14H2,1H3. The van der Waals surface area contributed by atoms with Crippen LogP contribution in [0.1, 0.15) is 34.5 Å². The van der Waals surface area contributed by atoms with E-state index in [2.05, 4.69) is 9.88 Å². The molecule has 5 rings (SSSR count). The van der Waals surface area contributed by atoms with Crippen molar-refractivity contribution in [1.82, 2.24) is 24.5 Å². The lowest BCUT2D eigenvalue weighted by Gasteiger charge is -2.36. The first kappa shape index (κ1) is 18.4. The van der Waals surface area contributed by atoms with Gasteiger partial charge in [-0.2, -0.15) is 5.10 Å². The van der Waals surface area contributed by atoms with E-state index in [4.69, 9.17) is 10.1 Å². The molecule has 7 nitrogen and oxygen atoms in total. The van der Waals surface area contributed by atoms with Gasteiger partial charge in [0, 0.05) is 50.3 Å². The Morgan fingerprint density at radius 1 is 1.07 bits per heavy atom. The zero-order chi connectivity index (χ0) is 19.8. The molecule has 0 atom stereocenters. The topological polar surface area (TPSA) is 66.6 Å². The van der Waals surface area contributed by atoms with Crippen LogP contribution in [0.3, 0.4) is 0 Å². The molecule has 0 radical (unpaired) electrons. The van der Waals surface area contributed by atoms with E-state index in [-0.39, 0.29) is 5.91 Å². The fourth-order valence-electron chi connectivity index (χ4n) is 4.39. The minimum Gasteiger partial charge on any atom is -0.351 e. The second-order valence-corrected chi connectivity index (χ2v) is 8.31. The van der Waals surface area contributed by atoms with Crippen LogP contribution in [0, 0.1) is 0 Å². The van der Waals surface area contributed by atoms with Gasteiger partial charge in [0.05, 0.1) is 11.3 Å². The summed E-state index contributed by atoms with van der Waals surface area (Å²) in [6, 6.07) is 3.70. The van der Waals surface area contributed by atoms with Crippen molar-refractivity contribution in [2.24, 2.45) is 0 Å². The Bertz CT molecular complexity index is 1060. The maximum Gasteiger partial charge on any atom is 0.256 e. The first-order chi connectivity index (χ1) is 14.3. The van der Waals surface area contributed by atoms with Gasteiger partial charge >= 0.3 is 0 Å². The van der Waals surface area contributed by atoms with Crippen molar-refractivity contribution in [2.45, 2.75) is 30.7 Å². The Labute approximate surface area is 174 Å². The largest absolute Gasteiger partial charge is 0.351 e. The van der Waals surface area contributed by atoms with Gasteiger partial charge in [-0.3, -0.25) is 4.79 Å². The van der Waals surface area contributed by atoms with Gasteiger partial charge in [0.25, 0.3) is 5.91 Å². The minimum atomic E-state index is 0.0648. The summed E-state index contributed by atoms with van der Waals surface area (Å²) in [5.41, 5.74) is 4.43. The van der Waals surface area contributed by atoms with Gasteiger partial charge in [0.15, 0.2) is 5.82 Å². The van der Waals surface area contributed by atoms with Crippen molar-refractivity contribution in [3.63, 3.8) is 0 Å². The fraction of sp³-hybridized carbons (Fsp3) is 0.429. The third-order valence-electron chi connectivity index (χ3n) is 5.86. The van der Waals surface area contributed by atoms with E-state index in [9.17, 15) is 4.79 Å². The summed E-state index contributed by atoms with van der Waals surface area (Å²) in [6.07, 6.45) is 12.0. The highest BCUT2D eigenvalue weighted by molar-refractivity contribution is 7.98. The molecule has 1 aliphatic carbocycles. The highest BCUT2D eigenvalue weighted by Gasteiger charge is 2.27. The van der Waals surface area contributed by atoms with Crippen LogP contribution in [0.25, 0.3) is 5.52 Å². The second kappa shape index (κ2) is 7.67. The lowest BCUT2D eigenvalue weighted by molar-refractivity contribution is 0.0742. The van der Waals surface area contributed by atoms with Gasteiger partial charge in [0.1, 0.15) is 10.5 Å². The molecule has 0 saturated carbocycles. The summed E-state index contributed by atoms with van der Waals surface area (Å²) < 4.78 is 2.00. The van der Waals surface area contributed by atoms with E-state index in [1.54, 1.807) is 6.20 Å². The fourth-order valence-corrected chi connectivity index (χ4v) is 4.93. The molecule has 150 valence electrons. The van der Waals surface area contributed by atoms with Crippen LogP contribution in [0.5, 0.6) is 0 Å². The van der Waals surface area contributed by atoms with Crippen molar-refractivity contribution >= 4 is 29.0 Å². The normalized spacial score (nSPS) is 16.9. The van der Waals surface area contributed by atoms with Gasteiger partial charge in [-0.15, -0.1) is 11.8 Å². The summed E-state index contributed by atoms with van der Waals surface area (Å²) >= 11 is 1.51. The van der Waals surface area contributed by atoms with Gasteiger partial charge in [0.2, 0.25) is 0 Å². The Balaban J connectivity index is 1.37. The van der Waals surface area contributed by atoms with Gasteiger partial charge in [-0.05, 0) is 44.1 Å². The molecule has 0 spiro atoms. The van der Waals surface area contributed by atoms with Crippen LogP contribution < -0.4 is 4.90 Å². The van der Waals surface area contributed by atoms with Crippen LogP contribution in [-0.4, -0.2) is 62.8 Å². The molecule has 1 amide bonds. The SMILES string of the molecule is CSc1ncccc1C(=O)N1CCN(c2nccn3nc4c(c23)CCCC4)CC1. The summed E-state index contributed by atoms with van der Waals surface area (Å²) in [7, 11) is 0. The number of aromatic nitrogens is 4. The predicted octanol–water partition coefficient (Wildman–Crippen LogP) is 2.69. The first-order valence-corrected chi connectivity index (χ1v) is 11.4. The Morgan fingerprint density at radius 3 is 2.72 bits per heavy atom. The number of piperazine rings is 1. The molecule has 4 heterocycles. The number of thioether (sulfide) groups is 1. The molecular weight excluding hydrogens is 384 g/mol. The number of carbonyl (C=O) groups is 1. The average Bonchev–Trinajstić information content (AvgIpc) is 3.17. The molecule has 8 heteroatoms. The van der Waals surface area contributed by atoms with Crippen molar-refractivity contribution in [2.75, 3.05) is 37.3 Å². The summed E-state index contributed by atoms with van der Waals surface area (Å²) in [6.45, 7) is 2.90. The Hall–Kier alpha value is -2.61. The van der Waals surface area contributed by atoms with Crippen molar-refractivity contribution in [1.29, 1.82) is 0 Å². The highest BCUT2D eigenvalue weighted by atomic mass is 32.2. The van der Waals surface area contributed by atoms with E-state index >= 15 is 0 Å². The van der Waals surface area contributed by atoms with Crippen molar-refractivity contribution in [3.05, 3.63) is 47.5 Å². The zero-order valence-corrected chi connectivity index (χ0v) is 17.4. The molecule has 0 aromatic carbocycles. The van der Waals surface area contributed by atoms with Crippen LogP contribution in [0.15, 0.2) is 35.7 Å². The third kappa shape index (κ3) is 3.25. The van der Waals surface area contributed by atoms with Gasteiger partial charge < -0.3 is 9.80 Å². The van der Waals surface area contributed by atoms with Crippen LogP contribution >= 0.6 is 11.8 Å². The molecular formula is C21H24N6OS. The van der Waals surface area contributed by atoms with Gasteiger partial charge in [-0.1, -0.05) is 0 Å². The average molecular weight is 409 g/mol. The Morgan fingerprint density at radius 2 is 1.90 bits per heavy atom. The van der Waals surface area contributed by atoms with Gasteiger partial charge in [-0.25, -0.2) is 14.5 Å². The lowest BCUT2D eigenvalue weighted by Crippen LogP contribution is -2.49. The number of anilines is 1. The van der Waals surface area contributed by atoms with E-state index in [0.717, 1.165) is 42.3 Å². The number of hydrogen-bond acceptors (Lipinski definition) is 6. The number of rotatable bonds is 3. The smallest absolute Gasteiger partial charge is 0.256 e. The van der Waals surface area contributed by atoms with Crippen LogP contribution in [0.4, 0.5) is 5.82 Å². The van der Waals surface area contributed by atoms with Crippen LogP contribution in [-0.2, 0) is 12.8 Å². The molecule has 29 heavy (non-hydrogen) atoms. The van der Waals surface area contributed by atoms with Crippen molar-refractivity contribution < 1.29 is 4.79 Å². The summed E-state index contributed by atoms with van der Waals surface area (Å²) in [4.78, 5) is 26.3. The number of fused-ring (bicyclic) bond motifs is 3. The maximum atomic E-state index is 13.0. The molecule has 1 saturated heterocycles. The summed E-state index contributed by atoms with van der Waals surface area (Å²) in [5, 5.41) is 5.58. The van der Waals surface area contributed by atoms with E-state index in [0.29, 0.717) is 18.7 Å². The molecule has 1 fully saturated rings. The molecule has 0 bridgehead atoms. The number of nitrogens with zero attached hydrogens (tertiary/aromatic N) is 6. The first-order valence-electron chi connectivity index (χ1n) is 10.1. The number of amides is 1. The minimum absolute atomic E-state index is 0.0648. The quantitative estimate of drug-likeness (QED) is 0.621. The lowest BCUT2D eigenvalue weighted by atomic mass is 9.97. The number of pyridine rings is 1. The molecule has 3 aromatic heterocycles. The molecule has 0 N–H and O–H groups in total. The molecule has 1 aliphatic heterocycles. The monoisotopic (exact) mass is 408 g/mol. The van der Waals surface area contributed by atoms with Crippen molar-refractivity contribution in [3.8, 4) is 0 Å². The third-order valence-corrected chi connectivity index (χ3v) is 6.57. The predicted molar refractivity (Wildman–Crippen MR) is 114 cm³/mol. The molecule has 0 unspecified atom stereocenters. The zero-order valence-electron chi connectivity index (χ0n) is 16.5.